The van der Waals surface area contributed by atoms with E-state index in [1.54, 1.807) is 0 Å². The Morgan fingerprint density at radius 3 is 1.84 bits per heavy atom. The quantitative estimate of drug-likeness (QED) is 0.394. The Bertz CT molecular complexity index is 263. The van der Waals surface area contributed by atoms with Crippen molar-refractivity contribution in [2.75, 3.05) is 26.2 Å². The third kappa shape index (κ3) is 7.11. The van der Waals surface area contributed by atoms with E-state index >= 15 is 0 Å². The van der Waals surface area contributed by atoms with Gasteiger partial charge in [-0.05, 0) is 6.42 Å². The van der Waals surface area contributed by atoms with E-state index in [4.69, 9.17) is 0 Å². The van der Waals surface area contributed by atoms with E-state index in [1.165, 1.54) is 0 Å². The number of hydrogen-bond acceptors (Lipinski definition) is 3. The van der Waals surface area contributed by atoms with Gasteiger partial charge < -0.3 is 5.32 Å². The molecule has 0 aromatic carbocycles. The van der Waals surface area contributed by atoms with Crippen LogP contribution in [0, 0.1) is 0 Å². The number of rotatable bonds is 13. The lowest BCUT2D eigenvalue weighted by Gasteiger charge is -2.36. The molecule has 0 spiro atoms. The lowest BCUT2D eigenvalue weighted by Crippen LogP contribution is -2.57. The summed E-state index contributed by atoms with van der Waals surface area (Å²) in [5.41, 5.74) is 0. The molecular weight excluding hydrogens is 234 g/mol. The van der Waals surface area contributed by atoms with Gasteiger partial charge in [0.1, 0.15) is 0 Å². The zero-order valence-electron chi connectivity index (χ0n) is 12.3. The van der Waals surface area contributed by atoms with Crippen LogP contribution >= 0.6 is 0 Å². The van der Waals surface area contributed by atoms with Crippen LogP contribution in [-0.2, 0) is 0 Å². The highest BCUT2D eigenvalue weighted by molar-refractivity contribution is 4.91. The van der Waals surface area contributed by atoms with E-state index < -0.39 is 0 Å². The number of hydrogen-bond donors (Lipinski definition) is 2. The highest BCUT2D eigenvalue weighted by Gasteiger charge is 2.23. The predicted octanol–water partition coefficient (Wildman–Crippen LogP) is 2.32. The fourth-order valence-corrected chi connectivity index (χ4v) is 2.08. The average molecular weight is 263 g/mol. The van der Waals surface area contributed by atoms with Crippen molar-refractivity contribution < 1.29 is 0 Å². The molecule has 19 heavy (non-hydrogen) atoms. The Balaban J connectivity index is 4.85. The minimum atomic E-state index is 0.221. The molecule has 0 aliphatic rings. The summed E-state index contributed by atoms with van der Waals surface area (Å²) >= 11 is 0. The summed E-state index contributed by atoms with van der Waals surface area (Å²) in [6, 6.07) is 0.345. The molecule has 0 rings (SSSR count). The molecule has 2 unspecified atom stereocenters. The molecular formula is C16H29N3. The van der Waals surface area contributed by atoms with Crippen molar-refractivity contribution in [2.24, 2.45) is 0 Å². The van der Waals surface area contributed by atoms with Crippen LogP contribution in [-0.4, -0.2) is 43.3 Å². The number of nitrogens with one attached hydrogen (secondary N) is 2. The zero-order valence-corrected chi connectivity index (χ0v) is 12.3. The van der Waals surface area contributed by atoms with Crippen LogP contribution in [0.4, 0.5) is 0 Å². The SMILES string of the molecule is C=CCNC(CC)C(NCC=C)N(CC=C)CC=C. The first kappa shape index (κ1) is 17.8. The Kier molecular flexibility index (Phi) is 11.2. The third-order valence-corrected chi connectivity index (χ3v) is 2.94. The lowest BCUT2D eigenvalue weighted by atomic mass is 10.1. The van der Waals surface area contributed by atoms with Crippen molar-refractivity contribution in [3.63, 3.8) is 0 Å². The maximum atomic E-state index is 3.83. The summed E-state index contributed by atoms with van der Waals surface area (Å²) in [4.78, 5) is 2.31. The van der Waals surface area contributed by atoms with Crippen LogP contribution in [0.25, 0.3) is 0 Å². The topological polar surface area (TPSA) is 27.3 Å². The van der Waals surface area contributed by atoms with Gasteiger partial charge in [0.15, 0.2) is 0 Å². The van der Waals surface area contributed by atoms with E-state index in [1.807, 2.05) is 24.3 Å². The second-order valence-corrected chi connectivity index (χ2v) is 4.38. The highest BCUT2D eigenvalue weighted by atomic mass is 15.3. The Morgan fingerprint density at radius 1 is 0.895 bits per heavy atom. The Morgan fingerprint density at radius 2 is 1.42 bits per heavy atom. The van der Waals surface area contributed by atoms with E-state index in [-0.39, 0.29) is 6.17 Å². The second-order valence-electron chi connectivity index (χ2n) is 4.38. The van der Waals surface area contributed by atoms with Crippen LogP contribution in [0.1, 0.15) is 13.3 Å². The van der Waals surface area contributed by atoms with Crippen LogP contribution in [0.2, 0.25) is 0 Å². The molecule has 3 heteroatoms. The first-order valence-corrected chi connectivity index (χ1v) is 6.89. The minimum Gasteiger partial charge on any atom is -0.308 e. The molecule has 0 saturated heterocycles. The maximum absolute atomic E-state index is 3.83. The van der Waals surface area contributed by atoms with Crippen molar-refractivity contribution in [1.29, 1.82) is 0 Å². The summed E-state index contributed by atoms with van der Waals surface area (Å²) < 4.78 is 0. The van der Waals surface area contributed by atoms with Gasteiger partial charge in [-0.2, -0.15) is 0 Å². The molecule has 0 saturated carbocycles. The van der Waals surface area contributed by atoms with Crippen molar-refractivity contribution in [1.82, 2.24) is 15.5 Å². The number of nitrogens with zero attached hydrogens (tertiary/aromatic N) is 1. The summed E-state index contributed by atoms with van der Waals surface area (Å²) in [6.07, 6.45) is 8.87. The fourth-order valence-electron chi connectivity index (χ4n) is 2.08. The van der Waals surface area contributed by atoms with Gasteiger partial charge in [-0.25, -0.2) is 0 Å². The molecule has 2 N–H and O–H groups in total. The summed E-state index contributed by atoms with van der Waals surface area (Å²) in [7, 11) is 0. The van der Waals surface area contributed by atoms with Crippen LogP contribution in [0.3, 0.4) is 0 Å². The minimum absolute atomic E-state index is 0.221. The molecule has 3 nitrogen and oxygen atoms in total. The molecule has 0 radical (unpaired) electrons. The molecule has 0 fully saturated rings. The van der Waals surface area contributed by atoms with E-state index in [0.717, 1.165) is 32.6 Å². The first-order chi connectivity index (χ1) is 9.24. The second kappa shape index (κ2) is 11.9. The standard InChI is InChI=1S/C16H29N3/c1-6-11-17-15(10-5)16(18-12-7-2)19(13-8-3)14-9-4/h6-9,15-18H,1-4,10-14H2,5H3. The highest BCUT2D eigenvalue weighted by Crippen LogP contribution is 2.06. The normalized spacial score (nSPS) is 13.8. The molecule has 0 aliphatic heterocycles. The van der Waals surface area contributed by atoms with E-state index in [0.29, 0.717) is 6.04 Å². The van der Waals surface area contributed by atoms with E-state index in [9.17, 15) is 0 Å². The predicted molar refractivity (Wildman–Crippen MR) is 86.2 cm³/mol. The Labute approximate surface area is 118 Å². The van der Waals surface area contributed by atoms with Gasteiger partial charge in [0.2, 0.25) is 0 Å². The van der Waals surface area contributed by atoms with Gasteiger partial charge in [0, 0.05) is 32.2 Å². The largest absolute Gasteiger partial charge is 0.308 e. The molecule has 0 aliphatic carbocycles. The molecule has 0 amide bonds. The lowest BCUT2D eigenvalue weighted by molar-refractivity contribution is 0.157. The third-order valence-electron chi connectivity index (χ3n) is 2.94. The molecule has 108 valence electrons. The van der Waals surface area contributed by atoms with Crippen LogP contribution in [0.5, 0.6) is 0 Å². The van der Waals surface area contributed by atoms with Crippen molar-refractivity contribution in [3.05, 3.63) is 50.6 Å². The van der Waals surface area contributed by atoms with Crippen LogP contribution < -0.4 is 10.6 Å². The monoisotopic (exact) mass is 263 g/mol. The fraction of sp³-hybridized carbons (Fsp3) is 0.500. The van der Waals surface area contributed by atoms with Gasteiger partial charge in [0.05, 0.1) is 6.17 Å². The van der Waals surface area contributed by atoms with Crippen molar-refractivity contribution in [3.8, 4) is 0 Å². The van der Waals surface area contributed by atoms with Gasteiger partial charge in [0.25, 0.3) is 0 Å². The van der Waals surface area contributed by atoms with Crippen LogP contribution in [0.15, 0.2) is 50.6 Å². The summed E-state index contributed by atoms with van der Waals surface area (Å²) in [6.45, 7) is 20.6. The smallest absolute Gasteiger partial charge is 0.0763 e. The average Bonchev–Trinajstić information content (AvgIpc) is 2.42. The molecule has 0 aromatic heterocycles. The molecule has 0 bridgehead atoms. The summed E-state index contributed by atoms with van der Waals surface area (Å²) in [5, 5.41) is 7.01. The molecule has 0 heterocycles. The van der Waals surface area contributed by atoms with Gasteiger partial charge in [-0.1, -0.05) is 31.2 Å². The van der Waals surface area contributed by atoms with Crippen molar-refractivity contribution >= 4 is 0 Å². The first-order valence-electron chi connectivity index (χ1n) is 6.89. The zero-order chi connectivity index (χ0) is 14.5. The molecule has 2 atom stereocenters. The Hall–Kier alpha value is -1.16. The van der Waals surface area contributed by atoms with Gasteiger partial charge in [-0.15, -0.1) is 26.3 Å². The van der Waals surface area contributed by atoms with Crippen molar-refractivity contribution in [2.45, 2.75) is 25.6 Å². The van der Waals surface area contributed by atoms with E-state index in [2.05, 4.69) is 48.8 Å². The maximum Gasteiger partial charge on any atom is 0.0763 e. The molecule has 0 aromatic rings. The van der Waals surface area contributed by atoms with Gasteiger partial charge in [-0.3, -0.25) is 10.2 Å². The summed E-state index contributed by atoms with van der Waals surface area (Å²) in [5.74, 6) is 0. The van der Waals surface area contributed by atoms with Gasteiger partial charge >= 0.3 is 0 Å².